The molecule has 2 atom stereocenters. The van der Waals surface area contributed by atoms with Gasteiger partial charge in [-0.2, -0.15) is 0 Å². The van der Waals surface area contributed by atoms with E-state index in [9.17, 15) is 13.6 Å². The van der Waals surface area contributed by atoms with E-state index >= 15 is 0 Å². The van der Waals surface area contributed by atoms with Crippen LogP contribution in [0.2, 0.25) is 0 Å². The predicted molar refractivity (Wildman–Crippen MR) is 60.1 cm³/mol. The number of alkyl halides is 2. The number of carbonyl (C=O) groups excluding carboxylic acids is 1. The Labute approximate surface area is 100 Å². The van der Waals surface area contributed by atoms with Crippen LogP contribution in [0.25, 0.3) is 0 Å². The molecule has 0 aromatic heterocycles. The average Bonchev–Trinajstić information content (AvgIpc) is 2.28. The third-order valence-electron chi connectivity index (χ3n) is 2.72. The lowest BCUT2D eigenvalue weighted by Crippen LogP contribution is -2.50. The van der Waals surface area contributed by atoms with E-state index in [1.54, 1.807) is 0 Å². The minimum Gasteiger partial charge on any atom is -0.374 e. The van der Waals surface area contributed by atoms with Gasteiger partial charge in [0.15, 0.2) is 0 Å². The maximum atomic E-state index is 11.7. The van der Waals surface area contributed by atoms with Gasteiger partial charge in [-0.05, 0) is 26.2 Å². The highest BCUT2D eigenvalue weighted by molar-refractivity contribution is 5.81. The van der Waals surface area contributed by atoms with E-state index in [-0.39, 0.29) is 25.1 Å². The molecule has 0 aliphatic carbocycles. The Hall–Kier alpha value is -0.750. The fraction of sp³-hybridized carbons (Fsp3) is 0.909. The number of rotatable bonds is 6. The topological polar surface area (TPSA) is 50.4 Å². The van der Waals surface area contributed by atoms with Crippen molar-refractivity contribution in [1.29, 1.82) is 0 Å². The summed E-state index contributed by atoms with van der Waals surface area (Å²) >= 11 is 0. The molecule has 1 fully saturated rings. The summed E-state index contributed by atoms with van der Waals surface area (Å²) in [6.07, 6.45) is 0.496. The van der Waals surface area contributed by atoms with Crippen LogP contribution in [-0.2, 0) is 9.53 Å². The van der Waals surface area contributed by atoms with E-state index in [1.165, 1.54) is 0 Å². The molecule has 1 heterocycles. The van der Waals surface area contributed by atoms with Crippen molar-refractivity contribution in [3.05, 3.63) is 0 Å². The highest BCUT2D eigenvalue weighted by Gasteiger charge is 2.23. The maximum Gasteiger partial charge on any atom is 0.261 e. The van der Waals surface area contributed by atoms with Crippen LogP contribution in [0, 0.1) is 0 Å². The Balaban J connectivity index is 2.08. The highest BCUT2D eigenvalue weighted by atomic mass is 19.3. The first-order valence-electron chi connectivity index (χ1n) is 5.99. The van der Waals surface area contributed by atoms with Gasteiger partial charge in [0, 0.05) is 12.6 Å². The molecule has 0 aromatic rings. The fourth-order valence-corrected chi connectivity index (χ4v) is 1.89. The zero-order valence-corrected chi connectivity index (χ0v) is 10.0. The summed E-state index contributed by atoms with van der Waals surface area (Å²) in [6.45, 7) is 1.87. The van der Waals surface area contributed by atoms with Crippen molar-refractivity contribution in [2.24, 2.45) is 0 Å². The Morgan fingerprint density at radius 3 is 2.94 bits per heavy atom. The molecule has 0 aromatic carbocycles. The molecule has 1 aliphatic heterocycles. The number of nitrogens with one attached hydrogen (secondary N) is 2. The number of hydrogen-bond acceptors (Lipinski definition) is 3. The van der Waals surface area contributed by atoms with Gasteiger partial charge in [-0.1, -0.05) is 0 Å². The molecule has 4 nitrogen and oxygen atoms in total. The second-order valence-corrected chi connectivity index (χ2v) is 4.31. The molecule has 0 spiro atoms. The average molecular weight is 250 g/mol. The third-order valence-corrected chi connectivity index (χ3v) is 2.72. The highest BCUT2D eigenvalue weighted by Crippen LogP contribution is 2.11. The number of ether oxygens (including phenoxy) is 1. The predicted octanol–water partition coefficient (Wildman–Crippen LogP) is 0.915. The van der Waals surface area contributed by atoms with Crippen LogP contribution in [0.5, 0.6) is 0 Å². The molecule has 6 heteroatoms. The van der Waals surface area contributed by atoms with Crippen LogP contribution in [0.3, 0.4) is 0 Å². The van der Waals surface area contributed by atoms with Gasteiger partial charge >= 0.3 is 0 Å². The summed E-state index contributed by atoms with van der Waals surface area (Å²) < 4.78 is 28.1. The fourth-order valence-electron chi connectivity index (χ4n) is 1.89. The molecule has 1 amide bonds. The normalized spacial score (nSPS) is 24.9. The number of halogens is 2. The van der Waals surface area contributed by atoms with Crippen LogP contribution in [0.1, 0.15) is 26.2 Å². The number of carbonyl (C=O) groups is 1. The van der Waals surface area contributed by atoms with Gasteiger partial charge in [0.1, 0.15) is 6.61 Å². The van der Waals surface area contributed by atoms with Gasteiger partial charge in [-0.15, -0.1) is 0 Å². The first-order chi connectivity index (χ1) is 8.09. The standard InChI is InChI=1S/C11H20F2N2O2/c1-8-3-2-4-9(15-8)11(16)14-5-6-17-7-10(12)13/h8-10,15H,2-7H2,1H3,(H,14,16). The van der Waals surface area contributed by atoms with E-state index in [0.717, 1.165) is 19.3 Å². The monoisotopic (exact) mass is 250 g/mol. The van der Waals surface area contributed by atoms with E-state index in [2.05, 4.69) is 15.4 Å². The number of amides is 1. The summed E-state index contributed by atoms with van der Waals surface area (Å²) in [5.41, 5.74) is 0. The summed E-state index contributed by atoms with van der Waals surface area (Å²) in [5, 5.41) is 5.88. The minimum atomic E-state index is -2.45. The van der Waals surface area contributed by atoms with E-state index in [1.807, 2.05) is 6.92 Å². The van der Waals surface area contributed by atoms with E-state index in [0.29, 0.717) is 6.04 Å². The zero-order valence-electron chi connectivity index (χ0n) is 10.0. The molecule has 0 saturated carbocycles. The first-order valence-corrected chi connectivity index (χ1v) is 5.99. The Bertz CT molecular complexity index is 240. The zero-order chi connectivity index (χ0) is 12.7. The van der Waals surface area contributed by atoms with Crippen molar-refractivity contribution in [1.82, 2.24) is 10.6 Å². The van der Waals surface area contributed by atoms with Crippen molar-refractivity contribution in [3.63, 3.8) is 0 Å². The van der Waals surface area contributed by atoms with Crippen molar-refractivity contribution < 1.29 is 18.3 Å². The largest absolute Gasteiger partial charge is 0.374 e. The van der Waals surface area contributed by atoms with Crippen molar-refractivity contribution in [2.45, 2.75) is 44.7 Å². The number of hydrogen-bond donors (Lipinski definition) is 2. The molecule has 1 rings (SSSR count). The maximum absolute atomic E-state index is 11.7. The van der Waals surface area contributed by atoms with Gasteiger partial charge in [-0.25, -0.2) is 8.78 Å². The molecule has 17 heavy (non-hydrogen) atoms. The molecule has 2 N–H and O–H groups in total. The minimum absolute atomic E-state index is 0.0720. The molecule has 2 unspecified atom stereocenters. The SMILES string of the molecule is CC1CCCC(C(=O)NCCOCC(F)F)N1. The summed E-state index contributed by atoms with van der Waals surface area (Å²) in [4.78, 5) is 11.7. The van der Waals surface area contributed by atoms with Gasteiger partial charge < -0.3 is 15.4 Å². The Morgan fingerprint density at radius 1 is 1.53 bits per heavy atom. The molecule has 0 bridgehead atoms. The quantitative estimate of drug-likeness (QED) is 0.689. The number of piperidine rings is 1. The first kappa shape index (κ1) is 14.3. The van der Waals surface area contributed by atoms with Crippen molar-refractivity contribution in [2.75, 3.05) is 19.8 Å². The molecule has 1 saturated heterocycles. The Morgan fingerprint density at radius 2 is 2.29 bits per heavy atom. The van der Waals surface area contributed by atoms with Crippen molar-refractivity contribution >= 4 is 5.91 Å². The van der Waals surface area contributed by atoms with Crippen LogP contribution in [0.4, 0.5) is 8.78 Å². The Kier molecular flexibility index (Phi) is 6.36. The molecular weight excluding hydrogens is 230 g/mol. The van der Waals surface area contributed by atoms with Gasteiger partial charge in [-0.3, -0.25) is 4.79 Å². The lowest BCUT2D eigenvalue weighted by molar-refractivity contribution is -0.124. The van der Waals surface area contributed by atoms with Crippen LogP contribution < -0.4 is 10.6 Å². The van der Waals surface area contributed by atoms with Crippen LogP contribution in [-0.4, -0.2) is 44.2 Å². The van der Waals surface area contributed by atoms with Crippen LogP contribution >= 0.6 is 0 Å². The van der Waals surface area contributed by atoms with E-state index in [4.69, 9.17) is 0 Å². The van der Waals surface area contributed by atoms with Gasteiger partial charge in [0.25, 0.3) is 6.43 Å². The summed E-state index contributed by atoms with van der Waals surface area (Å²) in [6, 6.07) is 0.198. The third kappa shape index (κ3) is 5.93. The lowest BCUT2D eigenvalue weighted by Gasteiger charge is -2.27. The molecular formula is C11H20F2N2O2. The van der Waals surface area contributed by atoms with Gasteiger partial charge in [0.2, 0.25) is 5.91 Å². The van der Waals surface area contributed by atoms with Gasteiger partial charge in [0.05, 0.1) is 12.6 Å². The second kappa shape index (κ2) is 7.55. The lowest BCUT2D eigenvalue weighted by atomic mass is 9.99. The van der Waals surface area contributed by atoms with Crippen molar-refractivity contribution in [3.8, 4) is 0 Å². The van der Waals surface area contributed by atoms with Crippen LogP contribution in [0.15, 0.2) is 0 Å². The van der Waals surface area contributed by atoms with E-state index < -0.39 is 13.0 Å². The smallest absolute Gasteiger partial charge is 0.261 e. The molecule has 1 aliphatic rings. The second-order valence-electron chi connectivity index (χ2n) is 4.31. The molecule has 0 radical (unpaired) electrons. The molecule has 100 valence electrons. The summed E-state index contributed by atoms with van der Waals surface area (Å²) in [7, 11) is 0. The summed E-state index contributed by atoms with van der Waals surface area (Å²) in [5.74, 6) is -0.0720.